The fourth-order valence-corrected chi connectivity index (χ4v) is 1.14. The second-order valence-corrected chi connectivity index (χ2v) is 2.64. The molecule has 0 aliphatic rings. The van der Waals surface area contributed by atoms with E-state index in [1.165, 1.54) is 5.56 Å². The second kappa shape index (κ2) is 3.15. The van der Waals surface area contributed by atoms with Gasteiger partial charge in [-0.05, 0) is 24.6 Å². The molecule has 0 aliphatic heterocycles. The van der Waals surface area contributed by atoms with Crippen LogP contribution in [0.15, 0.2) is 18.2 Å². The molecule has 2 aromatic rings. The van der Waals surface area contributed by atoms with Crippen LogP contribution in [0.1, 0.15) is 5.56 Å². The van der Waals surface area contributed by atoms with Crippen molar-refractivity contribution in [2.45, 2.75) is 6.92 Å². The van der Waals surface area contributed by atoms with Gasteiger partial charge in [0, 0.05) is 0 Å². The van der Waals surface area contributed by atoms with E-state index in [1.807, 2.05) is 25.1 Å². The molecule has 4 heteroatoms. The van der Waals surface area contributed by atoms with Gasteiger partial charge in [-0.3, -0.25) is 0 Å². The summed E-state index contributed by atoms with van der Waals surface area (Å²) in [4.78, 5) is 7.04. The molecule has 1 heterocycles. The molecule has 0 amide bonds. The van der Waals surface area contributed by atoms with E-state index in [1.54, 1.807) is 0 Å². The minimum absolute atomic E-state index is 0. The van der Waals surface area contributed by atoms with Crippen LogP contribution >= 0.6 is 17.0 Å². The Balaban J connectivity index is 0.000000720. The number of nitrogens with zero attached hydrogens (tertiary/aromatic N) is 1. The predicted octanol–water partition coefficient (Wildman–Crippen LogP) is 2.03. The Morgan fingerprint density at radius 1 is 1.42 bits per heavy atom. The maximum atomic E-state index is 5.47. The molecule has 0 saturated heterocycles. The van der Waals surface area contributed by atoms with Crippen LogP contribution in [0.25, 0.3) is 11.0 Å². The molecule has 3 nitrogen and oxygen atoms in total. The average Bonchev–Trinajstić information content (AvgIpc) is 2.27. The van der Waals surface area contributed by atoms with Gasteiger partial charge in [-0.2, -0.15) is 0 Å². The zero-order chi connectivity index (χ0) is 7.84. The van der Waals surface area contributed by atoms with Gasteiger partial charge in [-0.1, -0.05) is 6.07 Å². The number of nitrogens with two attached hydrogens (primary N) is 1. The summed E-state index contributed by atoms with van der Waals surface area (Å²) in [5.41, 5.74) is 8.61. The molecule has 2 rings (SSSR count). The third-order valence-corrected chi connectivity index (χ3v) is 1.66. The maximum absolute atomic E-state index is 5.47. The lowest BCUT2D eigenvalue weighted by molar-refractivity contribution is 1.35. The summed E-state index contributed by atoms with van der Waals surface area (Å²) >= 11 is 0. The highest BCUT2D eigenvalue weighted by atomic mass is 79.9. The molecule has 0 aliphatic carbocycles. The van der Waals surface area contributed by atoms with E-state index in [2.05, 4.69) is 9.97 Å². The van der Waals surface area contributed by atoms with E-state index in [4.69, 9.17) is 5.73 Å². The number of nitrogen functional groups attached to an aromatic ring is 1. The lowest BCUT2D eigenvalue weighted by Crippen LogP contribution is -1.84. The number of halogens is 1. The topological polar surface area (TPSA) is 54.7 Å². The lowest BCUT2D eigenvalue weighted by Gasteiger charge is -1.88. The molecule has 12 heavy (non-hydrogen) atoms. The first kappa shape index (κ1) is 9.06. The fraction of sp³-hybridized carbons (Fsp3) is 0.125. The maximum Gasteiger partial charge on any atom is 0.198 e. The summed E-state index contributed by atoms with van der Waals surface area (Å²) in [5, 5.41) is 0. The summed E-state index contributed by atoms with van der Waals surface area (Å²) in [6.07, 6.45) is 0. The number of rotatable bonds is 0. The third kappa shape index (κ3) is 1.43. The molecule has 0 spiro atoms. The normalized spacial score (nSPS) is 9.75. The molecule has 0 bridgehead atoms. The largest absolute Gasteiger partial charge is 0.369 e. The Labute approximate surface area is 80.8 Å². The molecule has 64 valence electrons. The van der Waals surface area contributed by atoms with Crippen molar-refractivity contribution in [2.24, 2.45) is 0 Å². The summed E-state index contributed by atoms with van der Waals surface area (Å²) in [7, 11) is 0. The van der Waals surface area contributed by atoms with Crippen LogP contribution in [0.4, 0.5) is 5.95 Å². The van der Waals surface area contributed by atoms with Gasteiger partial charge >= 0.3 is 0 Å². The number of hydrogen-bond acceptors (Lipinski definition) is 2. The van der Waals surface area contributed by atoms with Crippen molar-refractivity contribution in [3.63, 3.8) is 0 Å². The van der Waals surface area contributed by atoms with Crippen LogP contribution in [0.2, 0.25) is 0 Å². The Kier molecular flexibility index (Phi) is 2.38. The molecule has 1 aromatic carbocycles. The number of anilines is 1. The summed E-state index contributed by atoms with van der Waals surface area (Å²) < 4.78 is 0. The number of aryl methyl sites for hydroxylation is 1. The summed E-state index contributed by atoms with van der Waals surface area (Å²) in [6, 6.07) is 6.00. The van der Waals surface area contributed by atoms with E-state index in [0.717, 1.165) is 11.0 Å². The number of aromatic nitrogens is 2. The van der Waals surface area contributed by atoms with Crippen LogP contribution in [-0.4, -0.2) is 9.97 Å². The van der Waals surface area contributed by atoms with Crippen molar-refractivity contribution in [1.29, 1.82) is 0 Å². The number of H-pyrrole nitrogens is 1. The van der Waals surface area contributed by atoms with E-state index in [0.29, 0.717) is 5.95 Å². The number of benzene rings is 1. The Bertz CT molecular complexity index is 394. The van der Waals surface area contributed by atoms with E-state index in [9.17, 15) is 0 Å². The zero-order valence-electron chi connectivity index (χ0n) is 6.66. The van der Waals surface area contributed by atoms with Gasteiger partial charge in [0.1, 0.15) is 0 Å². The van der Waals surface area contributed by atoms with Crippen molar-refractivity contribution < 1.29 is 0 Å². The number of imidazole rings is 1. The quantitative estimate of drug-likeness (QED) is 0.724. The first-order chi connectivity index (χ1) is 5.25. The number of hydrogen-bond donors (Lipinski definition) is 2. The van der Waals surface area contributed by atoms with E-state index < -0.39 is 0 Å². The SMILES string of the molecule is Br.Cc1ccc2nc(N)[nH]c2c1. The first-order valence-electron chi connectivity index (χ1n) is 3.47. The molecular weight excluding hydrogens is 218 g/mol. The first-order valence-corrected chi connectivity index (χ1v) is 3.47. The van der Waals surface area contributed by atoms with Crippen molar-refractivity contribution in [2.75, 3.05) is 5.73 Å². The number of nitrogens with one attached hydrogen (secondary N) is 1. The minimum Gasteiger partial charge on any atom is -0.369 e. The molecule has 3 N–H and O–H groups in total. The van der Waals surface area contributed by atoms with Crippen LogP contribution in [-0.2, 0) is 0 Å². The molecule has 0 atom stereocenters. The van der Waals surface area contributed by atoms with Gasteiger partial charge in [0.05, 0.1) is 11.0 Å². The van der Waals surface area contributed by atoms with E-state index in [-0.39, 0.29) is 17.0 Å². The number of fused-ring (bicyclic) bond motifs is 1. The van der Waals surface area contributed by atoms with Gasteiger partial charge in [0.15, 0.2) is 5.95 Å². The van der Waals surface area contributed by atoms with Gasteiger partial charge in [0.25, 0.3) is 0 Å². The van der Waals surface area contributed by atoms with Crippen molar-refractivity contribution in [1.82, 2.24) is 9.97 Å². The fourth-order valence-electron chi connectivity index (χ4n) is 1.14. The number of aromatic amines is 1. The molecule has 0 fully saturated rings. The van der Waals surface area contributed by atoms with Crippen molar-refractivity contribution >= 4 is 34.0 Å². The molecule has 0 saturated carbocycles. The molecular formula is C8H10BrN3. The minimum atomic E-state index is 0. The molecule has 0 unspecified atom stereocenters. The third-order valence-electron chi connectivity index (χ3n) is 1.66. The summed E-state index contributed by atoms with van der Waals surface area (Å²) in [5.74, 6) is 0.477. The second-order valence-electron chi connectivity index (χ2n) is 2.64. The highest BCUT2D eigenvalue weighted by Crippen LogP contribution is 2.13. The summed E-state index contributed by atoms with van der Waals surface area (Å²) in [6.45, 7) is 2.04. The zero-order valence-corrected chi connectivity index (χ0v) is 8.38. The van der Waals surface area contributed by atoms with Crippen LogP contribution in [0.3, 0.4) is 0 Å². The smallest absolute Gasteiger partial charge is 0.198 e. The highest BCUT2D eigenvalue weighted by molar-refractivity contribution is 8.93. The lowest BCUT2D eigenvalue weighted by atomic mass is 10.2. The van der Waals surface area contributed by atoms with Gasteiger partial charge < -0.3 is 10.7 Å². The Morgan fingerprint density at radius 2 is 2.17 bits per heavy atom. The van der Waals surface area contributed by atoms with Gasteiger partial charge in [-0.15, -0.1) is 17.0 Å². The Hall–Kier alpha value is -1.03. The highest BCUT2D eigenvalue weighted by Gasteiger charge is 1.97. The van der Waals surface area contributed by atoms with E-state index >= 15 is 0 Å². The van der Waals surface area contributed by atoms with Crippen molar-refractivity contribution in [3.8, 4) is 0 Å². The standard InChI is InChI=1S/C8H9N3.BrH/c1-5-2-3-6-7(4-5)11-8(9)10-6;/h2-4H,1H3,(H3,9,10,11);1H. The van der Waals surface area contributed by atoms with Gasteiger partial charge in [0.2, 0.25) is 0 Å². The monoisotopic (exact) mass is 227 g/mol. The van der Waals surface area contributed by atoms with Crippen LogP contribution in [0.5, 0.6) is 0 Å². The van der Waals surface area contributed by atoms with Crippen LogP contribution < -0.4 is 5.73 Å². The van der Waals surface area contributed by atoms with Crippen LogP contribution in [0, 0.1) is 6.92 Å². The van der Waals surface area contributed by atoms with Gasteiger partial charge in [-0.25, -0.2) is 4.98 Å². The van der Waals surface area contributed by atoms with Crippen molar-refractivity contribution in [3.05, 3.63) is 23.8 Å². The Morgan fingerprint density at radius 3 is 2.92 bits per heavy atom. The molecule has 0 radical (unpaired) electrons. The average molecular weight is 228 g/mol. The predicted molar refractivity (Wildman–Crippen MR) is 55.6 cm³/mol. The molecule has 1 aromatic heterocycles.